The van der Waals surface area contributed by atoms with Gasteiger partial charge in [0, 0.05) is 6.08 Å². The number of hydrogen-bond donors (Lipinski definition) is 0. The summed E-state index contributed by atoms with van der Waals surface area (Å²) in [6.07, 6.45) is 6.75. The number of rotatable bonds is 22. The summed E-state index contributed by atoms with van der Waals surface area (Å²) in [5, 5.41) is 2.07. The van der Waals surface area contributed by atoms with Gasteiger partial charge in [-0.3, -0.25) is 0 Å². The molecule has 13 heteroatoms. The SMILES string of the molecule is C=CC(=O)OCCC[Si](C)(O[Si](C)(C)C)O[Si](C)(C)O[Si](O[Si](C)(C)O[Si](C)(C)CCCCCC)(c1ccccc1)c1ccccc1. The lowest BCUT2D eigenvalue weighted by Crippen LogP contribution is -2.72. The fourth-order valence-corrected chi connectivity index (χ4v) is 35.0. The van der Waals surface area contributed by atoms with Crippen molar-refractivity contribution in [3.8, 4) is 0 Å². The van der Waals surface area contributed by atoms with Gasteiger partial charge < -0.3 is 25.3 Å². The van der Waals surface area contributed by atoms with Gasteiger partial charge in [-0.25, -0.2) is 4.79 Å². The minimum atomic E-state index is -3.39. The molecular weight excluding hydrogens is 689 g/mol. The molecule has 0 aliphatic rings. The molecule has 0 spiro atoms. The van der Waals surface area contributed by atoms with Crippen LogP contribution in [-0.2, 0) is 30.1 Å². The van der Waals surface area contributed by atoms with E-state index >= 15 is 0 Å². The number of hydrogen-bond acceptors (Lipinski definition) is 7. The maximum Gasteiger partial charge on any atom is 0.389 e. The van der Waals surface area contributed by atoms with Crippen molar-refractivity contribution < 1.29 is 30.1 Å². The Bertz CT molecular complexity index is 1200. The molecule has 0 saturated heterocycles. The second-order valence-corrected chi connectivity index (χ2v) is 38.0. The van der Waals surface area contributed by atoms with Gasteiger partial charge in [-0.2, -0.15) is 0 Å². The van der Waals surface area contributed by atoms with E-state index in [2.05, 4.69) is 128 Å². The lowest BCUT2D eigenvalue weighted by Gasteiger charge is -2.46. The van der Waals surface area contributed by atoms with Crippen molar-refractivity contribution >= 4 is 67.2 Å². The molecule has 0 aliphatic carbocycles. The molecule has 0 bridgehead atoms. The minimum absolute atomic E-state index is 0.291. The third kappa shape index (κ3) is 15.0. The molecule has 2 aromatic carbocycles. The van der Waals surface area contributed by atoms with Gasteiger partial charge in [-0.15, -0.1) is 0 Å². The van der Waals surface area contributed by atoms with E-state index in [0.717, 1.165) is 16.4 Å². The van der Waals surface area contributed by atoms with Crippen molar-refractivity contribution in [2.75, 3.05) is 6.61 Å². The Morgan fingerprint density at radius 2 is 1.15 bits per heavy atom. The average molecular weight is 751 g/mol. The zero-order chi connectivity index (χ0) is 35.4. The predicted octanol–water partition coefficient (Wildman–Crippen LogP) is 8.54. The van der Waals surface area contributed by atoms with Crippen LogP contribution in [0.25, 0.3) is 0 Å². The van der Waals surface area contributed by atoms with E-state index in [1.165, 1.54) is 31.8 Å². The van der Waals surface area contributed by atoms with Crippen molar-refractivity contribution in [2.24, 2.45) is 0 Å². The standard InChI is InChI=1S/C34H62O7Si6/c1-13-15-16-23-30-43(6,7)38-44(8,9)40-47(32-25-19-17-20-26-32,33-27-21-18-22-28-33)41-45(10,11)39-46(12,37-42(3,4)5)31-24-29-36-34(35)14-2/h14,17-22,25-28H,2,13,15-16,23-24,29-31H2,1,3-12H3. The van der Waals surface area contributed by atoms with E-state index in [1.807, 2.05) is 12.1 Å². The Labute approximate surface area is 292 Å². The second kappa shape index (κ2) is 18.1. The number of carbonyl (C=O) groups is 1. The zero-order valence-corrected chi connectivity index (χ0v) is 37.1. The molecular formula is C34H62O7Si6. The quantitative estimate of drug-likeness (QED) is 0.0517. The molecule has 0 saturated carbocycles. The topological polar surface area (TPSA) is 72.5 Å². The molecule has 1 atom stereocenters. The van der Waals surface area contributed by atoms with Gasteiger partial charge >= 0.3 is 40.2 Å². The van der Waals surface area contributed by atoms with Gasteiger partial charge in [0.25, 0.3) is 0 Å². The van der Waals surface area contributed by atoms with Gasteiger partial charge in [0.15, 0.2) is 16.6 Å². The Morgan fingerprint density at radius 1 is 0.638 bits per heavy atom. The Hall–Kier alpha value is -1.25. The van der Waals surface area contributed by atoms with E-state index in [9.17, 15) is 4.79 Å². The monoisotopic (exact) mass is 750 g/mol. The zero-order valence-electron chi connectivity index (χ0n) is 31.1. The Balaban J connectivity index is 2.55. The van der Waals surface area contributed by atoms with E-state index < -0.39 is 56.8 Å². The van der Waals surface area contributed by atoms with Gasteiger partial charge in [0.05, 0.1) is 6.61 Å². The van der Waals surface area contributed by atoms with Crippen molar-refractivity contribution in [1.82, 2.24) is 0 Å². The maximum atomic E-state index is 11.7. The summed E-state index contributed by atoms with van der Waals surface area (Å²) in [4.78, 5) is 11.7. The highest BCUT2D eigenvalue weighted by atomic mass is 28.5. The Morgan fingerprint density at radius 3 is 1.62 bits per heavy atom. The summed E-state index contributed by atoms with van der Waals surface area (Å²) >= 11 is 0. The van der Waals surface area contributed by atoms with Crippen LogP contribution in [0.2, 0.25) is 77.6 Å². The van der Waals surface area contributed by atoms with Crippen LogP contribution in [0, 0.1) is 0 Å². The van der Waals surface area contributed by atoms with E-state index in [4.69, 9.17) is 25.3 Å². The lowest BCUT2D eigenvalue weighted by molar-refractivity contribution is -0.137. The Kier molecular flexibility index (Phi) is 16.2. The van der Waals surface area contributed by atoms with Crippen molar-refractivity contribution in [2.45, 2.75) is 117 Å². The van der Waals surface area contributed by atoms with Crippen molar-refractivity contribution in [3.63, 3.8) is 0 Å². The number of esters is 1. The fraction of sp³-hybridized carbons (Fsp3) is 0.559. The lowest BCUT2D eigenvalue weighted by atomic mass is 10.2. The highest BCUT2D eigenvalue weighted by Crippen LogP contribution is 2.31. The maximum absolute atomic E-state index is 11.7. The van der Waals surface area contributed by atoms with Crippen LogP contribution >= 0.6 is 0 Å². The van der Waals surface area contributed by atoms with Crippen LogP contribution in [0.15, 0.2) is 73.3 Å². The van der Waals surface area contributed by atoms with Gasteiger partial charge in [0.2, 0.25) is 0 Å². The molecule has 0 radical (unpaired) electrons. The first-order valence-electron chi connectivity index (χ1n) is 17.2. The van der Waals surface area contributed by atoms with Crippen LogP contribution in [0.1, 0.15) is 39.0 Å². The smallest absolute Gasteiger partial charge is 0.389 e. The molecule has 0 amide bonds. The van der Waals surface area contributed by atoms with Gasteiger partial charge in [-0.1, -0.05) is 99.8 Å². The van der Waals surface area contributed by atoms with Crippen LogP contribution in [0.3, 0.4) is 0 Å². The van der Waals surface area contributed by atoms with E-state index in [1.54, 1.807) is 0 Å². The normalized spacial score (nSPS) is 14.4. The van der Waals surface area contributed by atoms with Gasteiger partial charge in [-0.05, 0) is 94.4 Å². The first-order chi connectivity index (χ1) is 21.8. The summed E-state index contributed by atoms with van der Waals surface area (Å²) in [7, 11) is -15.9. The summed E-state index contributed by atoms with van der Waals surface area (Å²) in [5.74, 6) is -0.418. The first kappa shape index (κ1) is 41.9. The van der Waals surface area contributed by atoms with Gasteiger partial charge in [0.1, 0.15) is 0 Å². The highest BCUT2D eigenvalue weighted by molar-refractivity contribution is 7.02. The summed E-state index contributed by atoms with van der Waals surface area (Å²) in [6.45, 7) is 28.0. The van der Waals surface area contributed by atoms with Crippen molar-refractivity contribution in [3.05, 3.63) is 73.3 Å². The molecule has 1 unspecified atom stereocenters. The molecule has 2 rings (SSSR count). The number of benzene rings is 2. The number of ether oxygens (including phenoxy) is 1. The van der Waals surface area contributed by atoms with Crippen LogP contribution < -0.4 is 10.4 Å². The number of carbonyl (C=O) groups excluding carboxylic acids is 1. The van der Waals surface area contributed by atoms with Crippen LogP contribution in [0.4, 0.5) is 0 Å². The molecule has 0 fully saturated rings. The molecule has 0 aliphatic heterocycles. The largest absolute Gasteiger partial charge is 0.463 e. The first-order valence-corrected chi connectivity index (χ1v) is 33.7. The number of unbranched alkanes of at least 4 members (excludes halogenated alkanes) is 3. The van der Waals surface area contributed by atoms with E-state index in [-0.39, 0.29) is 0 Å². The summed E-state index contributed by atoms with van der Waals surface area (Å²) < 4.78 is 41.4. The molecule has 2 aromatic rings. The molecule has 0 heterocycles. The third-order valence-electron chi connectivity index (χ3n) is 7.41. The van der Waals surface area contributed by atoms with Crippen LogP contribution in [-0.4, -0.2) is 63.5 Å². The van der Waals surface area contributed by atoms with Crippen molar-refractivity contribution in [1.29, 1.82) is 0 Å². The third-order valence-corrected chi connectivity index (χ3v) is 30.7. The summed E-state index contributed by atoms with van der Waals surface area (Å²) in [6, 6.07) is 22.6. The fourth-order valence-electron chi connectivity index (χ4n) is 6.08. The molecule has 264 valence electrons. The van der Waals surface area contributed by atoms with E-state index in [0.29, 0.717) is 19.1 Å². The minimum Gasteiger partial charge on any atom is -0.463 e. The highest BCUT2D eigenvalue weighted by Gasteiger charge is 2.54. The average Bonchev–Trinajstić information content (AvgIpc) is 2.95. The molecule has 47 heavy (non-hydrogen) atoms. The van der Waals surface area contributed by atoms with Crippen LogP contribution in [0.5, 0.6) is 0 Å². The second-order valence-electron chi connectivity index (χ2n) is 15.0. The molecule has 7 nitrogen and oxygen atoms in total. The molecule has 0 aromatic heterocycles. The molecule has 0 N–H and O–H groups in total. The summed E-state index contributed by atoms with van der Waals surface area (Å²) in [5.41, 5.74) is 0. The predicted molar refractivity (Wildman–Crippen MR) is 210 cm³/mol.